The number of hydrogen-bond donors (Lipinski definition) is 4. The molecule has 0 spiro atoms. The van der Waals surface area contributed by atoms with Crippen molar-refractivity contribution in [3.05, 3.63) is 0 Å². The summed E-state index contributed by atoms with van der Waals surface area (Å²) in [7, 11) is 0. The Balaban J connectivity index is 0. The molecule has 2 atom stereocenters. The molecule has 158 valence electrons. The molecule has 0 aromatic heterocycles. The summed E-state index contributed by atoms with van der Waals surface area (Å²) >= 11 is 0. The number of carbonyl (C=O) groups is 1. The Morgan fingerprint density at radius 3 is 1.31 bits per heavy atom. The third kappa shape index (κ3) is 25.6. The van der Waals surface area contributed by atoms with E-state index in [2.05, 4.69) is 6.92 Å². The molecule has 2 unspecified atom stereocenters. The molecule has 0 aliphatic heterocycles. The Morgan fingerprint density at radius 2 is 1.04 bits per heavy atom. The van der Waals surface area contributed by atoms with E-state index in [4.69, 9.17) is 20.4 Å². The highest BCUT2D eigenvalue weighted by atomic mass is 16.4. The van der Waals surface area contributed by atoms with E-state index in [0.717, 1.165) is 12.8 Å². The van der Waals surface area contributed by atoms with Crippen molar-refractivity contribution >= 4 is 5.97 Å². The van der Waals surface area contributed by atoms with Gasteiger partial charge in [-0.1, -0.05) is 96.8 Å². The van der Waals surface area contributed by atoms with Gasteiger partial charge in [-0.05, 0) is 13.3 Å². The summed E-state index contributed by atoms with van der Waals surface area (Å²) in [4.78, 5) is 10.4. The van der Waals surface area contributed by atoms with Crippen LogP contribution in [0.1, 0.15) is 110 Å². The minimum absolute atomic E-state index is 0.139. The second-order valence-electron chi connectivity index (χ2n) is 7.27. The van der Waals surface area contributed by atoms with Crippen LogP contribution in [0.2, 0.25) is 0 Å². The number of unbranched alkanes of at least 4 members (excludes halogenated alkanes) is 13. The van der Waals surface area contributed by atoms with Gasteiger partial charge in [0.15, 0.2) is 6.10 Å². The fourth-order valence-electron chi connectivity index (χ4n) is 2.66. The van der Waals surface area contributed by atoms with E-state index in [-0.39, 0.29) is 6.61 Å². The van der Waals surface area contributed by atoms with Gasteiger partial charge in [-0.25, -0.2) is 4.79 Å². The molecule has 5 nitrogen and oxygen atoms in total. The van der Waals surface area contributed by atoms with E-state index in [0.29, 0.717) is 6.42 Å². The van der Waals surface area contributed by atoms with Crippen molar-refractivity contribution in [2.75, 3.05) is 6.61 Å². The van der Waals surface area contributed by atoms with E-state index in [1.54, 1.807) is 0 Å². The molecule has 0 radical (unpaired) electrons. The van der Waals surface area contributed by atoms with E-state index in [1.165, 1.54) is 84.0 Å². The van der Waals surface area contributed by atoms with Gasteiger partial charge in [-0.2, -0.15) is 0 Å². The monoisotopic (exact) mass is 376 g/mol. The van der Waals surface area contributed by atoms with Gasteiger partial charge in [0.2, 0.25) is 0 Å². The maximum Gasteiger partial charge on any atom is 0.332 e. The SMILES string of the molecule is CC(O)CO.CCCCCCCCCCCCCCCCC(O)C(=O)O. The van der Waals surface area contributed by atoms with E-state index >= 15 is 0 Å². The van der Waals surface area contributed by atoms with Crippen molar-refractivity contribution in [2.24, 2.45) is 0 Å². The molecule has 0 aliphatic carbocycles. The second-order valence-corrected chi connectivity index (χ2v) is 7.27. The standard InChI is InChI=1S/C18H36O3.C3H8O2/c1-2-3-4-5-6-7-8-9-10-11-12-13-14-15-16-17(19)18(20)21;1-3(5)2-4/h17,19H,2-16H2,1H3,(H,20,21);3-5H,2H2,1H3. The highest BCUT2D eigenvalue weighted by Crippen LogP contribution is 2.13. The summed E-state index contributed by atoms with van der Waals surface area (Å²) in [6, 6.07) is 0. The molecule has 0 rings (SSSR count). The second kappa shape index (κ2) is 22.4. The van der Waals surface area contributed by atoms with Gasteiger partial charge in [0.05, 0.1) is 12.7 Å². The van der Waals surface area contributed by atoms with Gasteiger partial charge in [-0.3, -0.25) is 0 Å². The first-order chi connectivity index (χ1) is 12.5. The average molecular weight is 377 g/mol. The molecule has 5 heteroatoms. The van der Waals surface area contributed by atoms with Crippen molar-refractivity contribution in [3.8, 4) is 0 Å². The van der Waals surface area contributed by atoms with Crippen LogP contribution in [0.15, 0.2) is 0 Å². The first kappa shape index (κ1) is 27.6. The van der Waals surface area contributed by atoms with Crippen LogP contribution in [0.4, 0.5) is 0 Å². The van der Waals surface area contributed by atoms with Gasteiger partial charge in [0, 0.05) is 0 Å². The van der Waals surface area contributed by atoms with Crippen LogP contribution in [-0.4, -0.2) is 45.2 Å². The summed E-state index contributed by atoms with van der Waals surface area (Å²) in [5, 5.41) is 33.7. The van der Waals surface area contributed by atoms with E-state index < -0.39 is 18.2 Å². The third-order valence-electron chi connectivity index (χ3n) is 4.38. The van der Waals surface area contributed by atoms with E-state index in [1.807, 2.05) is 0 Å². The lowest BCUT2D eigenvalue weighted by Gasteiger charge is -2.05. The Morgan fingerprint density at radius 1 is 0.731 bits per heavy atom. The third-order valence-corrected chi connectivity index (χ3v) is 4.38. The Bertz CT molecular complexity index is 282. The Hall–Kier alpha value is -0.650. The van der Waals surface area contributed by atoms with Gasteiger partial charge < -0.3 is 20.4 Å². The minimum atomic E-state index is -1.16. The van der Waals surface area contributed by atoms with Crippen molar-refractivity contribution in [2.45, 2.75) is 122 Å². The first-order valence-electron chi connectivity index (χ1n) is 10.6. The summed E-state index contributed by atoms with van der Waals surface area (Å²) < 4.78 is 0. The zero-order valence-corrected chi connectivity index (χ0v) is 17.2. The molecule has 0 aromatic rings. The fourth-order valence-corrected chi connectivity index (χ4v) is 2.66. The number of hydrogen-bond acceptors (Lipinski definition) is 4. The lowest BCUT2D eigenvalue weighted by Crippen LogP contribution is -2.18. The highest BCUT2D eigenvalue weighted by Gasteiger charge is 2.11. The predicted molar refractivity (Wildman–Crippen MR) is 107 cm³/mol. The first-order valence-corrected chi connectivity index (χ1v) is 10.6. The molecule has 26 heavy (non-hydrogen) atoms. The smallest absolute Gasteiger partial charge is 0.332 e. The zero-order valence-electron chi connectivity index (χ0n) is 17.2. The van der Waals surface area contributed by atoms with Crippen molar-refractivity contribution < 1.29 is 25.2 Å². The molecule has 0 saturated carbocycles. The number of aliphatic hydroxyl groups excluding tert-OH is 3. The molecular formula is C21H44O5. The van der Waals surface area contributed by atoms with Crippen molar-refractivity contribution in [1.29, 1.82) is 0 Å². The molecule has 0 aromatic carbocycles. The number of carboxylic acid groups (broad SMARTS) is 1. The maximum atomic E-state index is 10.4. The summed E-state index contributed by atoms with van der Waals surface area (Å²) in [6.07, 6.45) is 16.7. The zero-order chi connectivity index (χ0) is 20.0. The summed E-state index contributed by atoms with van der Waals surface area (Å²) in [6.45, 7) is 3.65. The van der Waals surface area contributed by atoms with Gasteiger partial charge >= 0.3 is 5.97 Å². The lowest BCUT2D eigenvalue weighted by molar-refractivity contribution is -0.146. The molecule has 0 bridgehead atoms. The summed E-state index contributed by atoms with van der Waals surface area (Å²) in [5.74, 6) is -1.09. The number of rotatable bonds is 17. The molecule has 0 heterocycles. The molecular weight excluding hydrogens is 332 g/mol. The fraction of sp³-hybridized carbons (Fsp3) is 0.952. The maximum absolute atomic E-state index is 10.4. The predicted octanol–water partition coefficient (Wildman–Crippen LogP) is 4.66. The number of aliphatic carboxylic acids is 1. The van der Waals surface area contributed by atoms with Gasteiger partial charge in [0.25, 0.3) is 0 Å². The van der Waals surface area contributed by atoms with Gasteiger partial charge in [0.1, 0.15) is 0 Å². The van der Waals surface area contributed by atoms with Crippen LogP contribution in [0.5, 0.6) is 0 Å². The van der Waals surface area contributed by atoms with Crippen molar-refractivity contribution in [1.82, 2.24) is 0 Å². The van der Waals surface area contributed by atoms with Crippen LogP contribution in [0.25, 0.3) is 0 Å². The highest BCUT2D eigenvalue weighted by molar-refractivity contribution is 5.71. The normalized spacial score (nSPS) is 13.0. The number of carboxylic acids is 1. The van der Waals surface area contributed by atoms with Crippen LogP contribution in [0.3, 0.4) is 0 Å². The molecule has 0 saturated heterocycles. The molecule has 0 fully saturated rings. The quantitative estimate of drug-likeness (QED) is 0.277. The number of aliphatic hydroxyl groups is 3. The van der Waals surface area contributed by atoms with Gasteiger partial charge in [-0.15, -0.1) is 0 Å². The molecule has 4 N–H and O–H groups in total. The largest absolute Gasteiger partial charge is 0.479 e. The van der Waals surface area contributed by atoms with E-state index in [9.17, 15) is 4.79 Å². The molecule has 0 aliphatic rings. The van der Waals surface area contributed by atoms with Crippen LogP contribution in [0, 0.1) is 0 Å². The topological polar surface area (TPSA) is 98.0 Å². The Kier molecular flexibility index (Phi) is 23.7. The van der Waals surface area contributed by atoms with Crippen molar-refractivity contribution in [3.63, 3.8) is 0 Å². The Labute approximate surface area is 160 Å². The average Bonchev–Trinajstić information content (AvgIpc) is 2.62. The molecule has 0 amide bonds. The summed E-state index contributed by atoms with van der Waals surface area (Å²) in [5.41, 5.74) is 0. The van der Waals surface area contributed by atoms with Crippen LogP contribution in [-0.2, 0) is 4.79 Å². The van der Waals surface area contributed by atoms with Crippen LogP contribution < -0.4 is 0 Å². The minimum Gasteiger partial charge on any atom is -0.479 e. The lowest BCUT2D eigenvalue weighted by atomic mass is 10.0. The van der Waals surface area contributed by atoms with Crippen LogP contribution >= 0.6 is 0 Å².